The highest BCUT2D eigenvalue weighted by Gasteiger charge is 2.56. The molecule has 11 heteroatoms. The Morgan fingerprint density at radius 2 is 1.92 bits per heavy atom. The molecule has 3 rings (SSSR count). The number of primary amides is 1. The van der Waals surface area contributed by atoms with Gasteiger partial charge in [-0.1, -0.05) is 6.07 Å². The zero-order valence-electron chi connectivity index (χ0n) is 13.0. The number of benzene rings is 1. The molecule has 4 amide bonds. The minimum absolute atomic E-state index is 0.0117. The fourth-order valence-electron chi connectivity index (χ4n) is 2.54. The monoisotopic (exact) mass is 360 g/mol. The first kappa shape index (κ1) is 17.1. The normalized spacial score (nSPS) is 19.7. The van der Waals surface area contributed by atoms with E-state index in [9.17, 15) is 24.3 Å². The van der Waals surface area contributed by atoms with Crippen LogP contribution in [0.1, 0.15) is 12.1 Å². The predicted molar refractivity (Wildman–Crippen MR) is 83.7 cm³/mol. The molecule has 1 aromatic heterocycles. The average Bonchev–Trinajstić information content (AvgIpc) is 2.82. The van der Waals surface area contributed by atoms with Crippen molar-refractivity contribution in [3.05, 3.63) is 36.0 Å². The minimum atomic E-state index is -2.38. The van der Waals surface area contributed by atoms with Crippen molar-refractivity contribution < 1.29 is 34.1 Å². The van der Waals surface area contributed by atoms with Gasteiger partial charge < -0.3 is 16.6 Å². The van der Waals surface area contributed by atoms with E-state index in [0.29, 0.717) is 16.6 Å². The van der Waals surface area contributed by atoms with Crippen LogP contribution in [-0.4, -0.2) is 39.0 Å². The van der Waals surface area contributed by atoms with Crippen LogP contribution < -0.4 is 11.5 Å². The van der Waals surface area contributed by atoms with Gasteiger partial charge in [0.05, 0.1) is 17.6 Å². The summed E-state index contributed by atoms with van der Waals surface area (Å²) < 4.78 is 0. The van der Waals surface area contributed by atoms with E-state index in [-0.39, 0.29) is 10.6 Å². The minimum Gasteiger partial charge on any atom is -0.399 e. The largest absolute Gasteiger partial charge is 0.466 e. The Labute approximate surface area is 145 Å². The predicted octanol–water partition coefficient (Wildman–Crippen LogP) is -0.0896. The molecule has 0 saturated carbocycles. The lowest BCUT2D eigenvalue weighted by Gasteiger charge is -2.19. The second-order valence-electron chi connectivity index (χ2n) is 5.47. The number of carbonyl (C=O) groups excluding carboxylic acids is 4. The first-order valence-corrected chi connectivity index (χ1v) is 7.17. The maximum absolute atomic E-state index is 12.4. The van der Waals surface area contributed by atoms with Gasteiger partial charge in [0.15, 0.2) is 5.60 Å². The quantitative estimate of drug-likeness (QED) is 0.271. The highest BCUT2D eigenvalue weighted by Crippen LogP contribution is 2.34. The van der Waals surface area contributed by atoms with E-state index in [1.54, 1.807) is 24.3 Å². The third kappa shape index (κ3) is 2.75. The lowest BCUT2D eigenvalue weighted by atomic mass is 9.96. The second-order valence-corrected chi connectivity index (χ2v) is 5.47. The highest BCUT2D eigenvalue weighted by atomic mass is 17.2. The van der Waals surface area contributed by atoms with Crippen LogP contribution in [0.5, 0.6) is 0 Å². The molecule has 1 atom stereocenters. The summed E-state index contributed by atoms with van der Waals surface area (Å²) >= 11 is 0. The molecule has 0 spiro atoms. The Balaban J connectivity index is 1.93. The van der Waals surface area contributed by atoms with E-state index in [1.165, 1.54) is 6.07 Å². The van der Waals surface area contributed by atoms with Crippen molar-refractivity contribution in [3.63, 3.8) is 0 Å². The molecule has 1 aliphatic rings. The molecule has 5 N–H and O–H groups in total. The van der Waals surface area contributed by atoms with Gasteiger partial charge in [0, 0.05) is 11.1 Å². The number of hydrogen-bond donors (Lipinski definition) is 3. The summed E-state index contributed by atoms with van der Waals surface area (Å²) in [5.41, 5.74) is 8.70. The van der Waals surface area contributed by atoms with Crippen molar-refractivity contribution in [3.8, 4) is 0 Å². The summed E-state index contributed by atoms with van der Waals surface area (Å²) in [6, 6.07) is 7.69. The van der Waals surface area contributed by atoms with Crippen molar-refractivity contribution in [1.29, 1.82) is 0 Å². The zero-order valence-corrected chi connectivity index (χ0v) is 13.0. The first-order valence-electron chi connectivity index (χ1n) is 7.17. The molecule has 1 unspecified atom stereocenters. The number of nitrogen functional groups attached to an aromatic ring is 1. The SMILES string of the molecule is NC(=O)OOC(=O)N1C(=O)CC(O)(c2ccc3cc(N)ccc3n2)C1=O. The summed E-state index contributed by atoms with van der Waals surface area (Å²) in [6.07, 6.45) is -3.81. The molecule has 1 fully saturated rings. The fraction of sp³-hybridized carbons (Fsp3) is 0.133. The molecule has 2 aromatic rings. The number of anilines is 1. The van der Waals surface area contributed by atoms with Crippen molar-refractivity contribution >= 4 is 40.6 Å². The molecule has 1 saturated heterocycles. The lowest BCUT2D eigenvalue weighted by Crippen LogP contribution is -2.42. The number of hydrogen-bond acceptors (Lipinski definition) is 9. The van der Waals surface area contributed by atoms with Gasteiger partial charge in [0.1, 0.15) is 0 Å². The number of nitrogens with two attached hydrogens (primary N) is 2. The van der Waals surface area contributed by atoms with E-state index in [1.807, 2.05) is 0 Å². The number of aromatic nitrogens is 1. The first-order chi connectivity index (χ1) is 12.2. The van der Waals surface area contributed by atoms with Crippen LogP contribution in [0.4, 0.5) is 15.3 Å². The number of imide groups is 3. The number of carbonyl (C=O) groups is 4. The number of fused-ring (bicyclic) bond motifs is 1. The summed E-state index contributed by atoms with van der Waals surface area (Å²) in [6.45, 7) is 0. The molecule has 0 aliphatic carbocycles. The Hall–Kier alpha value is -3.73. The van der Waals surface area contributed by atoms with Crippen molar-refractivity contribution in [2.24, 2.45) is 5.73 Å². The van der Waals surface area contributed by atoms with E-state index in [4.69, 9.17) is 5.73 Å². The highest BCUT2D eigenvalue weighted by molar-refractivity contribution is 6.17. The van der Waals surface area contributed by atoms with Crippen LogP contribution in [0.25, 0.3) is 10.9 Å². The van der Waals surface area contributed by atoms with Gasteiger partial charge in [-0.05, 0) is 24.3 Å². The van der Waals surface area contributed by atoms with Gasteiger partial charge in [-0.25, -0.2) is 24.3 Å². The Morgan fingerprint density at radius 1 is 1.19 bits per heavy atom. The molecular formula is C15H12N4O7. The molecule has 0 radical (unpaired) electrons. The molecule has 1 aromatic carbocycles. The van der Waals surface area contributed by atoms with Crippen LogP contribution in [-0.2, 0) is 25.0 Å². The smallest absolute Gasteiger partial charge is 0.399 e. The van der Waals surface area contributed by atoms with E-state index >= 15 is 0 Å². The third-order valence-corrected chi connectivity index (χ3v) is 3.73. The van der Waals surface area contributed by atoms with Gasteiger partial charge in [-0.15, -0.1) is 0 Å². The zero-order chi connectivity index (χ0) is 19.1. The van der Waals surface area contributed by atoms with Crippen LogP contribution in [0.3, 0.4) is 0 Å². The molecule has 0 bridgehead atoms. The fourth-order valence-corrected chi connectivity index (χ4v) is 2.54. The van der Waals surface area contributed by atoms with Gasteiger partial charge in [-0.3, -0.25) is 9.59 Å². The standard InChI is InChI=1S/C15H12N4O7/c16-8-2-3-9-7(5-8)1-4-10(18-9)15(24)6-11(20)19(12(15)21)14(23)26-25-13(17)22/h1-5,24H,6,16H2,(H2,17,22). The van der Waals surface area contributed by atoms with E-state index < -0.39 is 36.0 Å². The van der Waals surface area contributed by atoms with Crippen molar-refractivity contribution in [2.45, 2.75) is 12.0 Å². The van der Waals surface area contributed by atoms with Gasteiger partial charge in [0.2, 0.25) is 5.91 Å². The summed E-state index contributed by atoms with van der Waals surface area (Å²) in [4.78, 5) is 58.5. The maximum Gasteiger partial charge on any atom is 0.466 e. The van der Waals surface area contributed by atoms with E-state index in [0.717, 1.165) is 0 Å². The maximum atomic E-state index is 12.4. The Morgan fingerprint density at radius 3 is 2.62 bits per heavy atom. The molecular weight excluding hydrogens is 348 g/mol. The molecule has 2 heterocycles. The molecule has 134 valence electrons. The van der Waals surface area contributed by atoms with Crippen LogP contribution in [0, 0.1) is 0 Å². The van der Waals surface area contributed by atoms with Crippen molar-refractivity contribution in [1.82, 2.24) is 9.88 Å². The van der Waals surface area contributed by atoms with Crippen LogP contribution in [0.2, 0.25) is 0 Å². The van der Waals surface area contributed by atoms with Crippen molar-refractivity contribution in [2.75, 3.05) is 5.73 Å². The van der Waals surface area contributed by atoms with Gasteiger partial charge in [-0.2, -0.15) is 4.90 Å². The van der Waals surface area contributed by atoms with Crippen LogP contribution in [0.15, 0.2) is 30.3 Å². The Bertz CT molecular complexity index is 960. The number of nitrogens with zero attached hydrogens (tertiary/aromatic N) is 2. The number of pyridine rings is 1. The summed E-state index contributed by atoms with van der Waals surface area (Å²) in [5.74, 6) is -2.35. The second kappa shape index (κ2) is 5.97. The van der Waals surface area contributed by atoms with Gasteiger partial charge in [0.25, 0.3) is 5.91 Å². The summed E-state index contributed by atoms with van der Waals surface area (Å²) in [5, 5.41) is 11.3. The molecule has 11 nitrogen and oxygen atoms in total. The number of amides is 4. The van der Waals surface area contributed by atoms with Crippen LogP contribution >= 0.6 is 0 Å². The van der Waals surface area contributed by atoms with Gasteiger partial charge >= 0.3 is 12.2 Å². The molecule has 26 heavy (non-hydrogen) atoms. The topological polar surface area (TPSA) is 175 Å². The number of likely N-dealkylation sites (tertiary alicyclic amines) is 1. The van der Waals surface area contributed by atoms with E-state index in [2.05, 4.69) is 20.5 Å². The summed E-state index contributed by atoms with van der Waals surface area (Å²) in [7, 11) is 0. The average molecular weight is 360 g/mol. The Kier molecular flexibility index (Phi) is 3.93. The number of aliphatic hydroxyl groups is 1. The lowest BCUT2D eigenvalue weighted by molar-refractivity contribution is -0.188. The number of rotatable bonds is 1. The third-order valence-electron chi connectivity index (χ3n) is 3.73. The molecule has 1 aliphatic heterocycles.